The first-order valence-corrected chi connectivity index (χ1v) is 6.59. The van der Waals surface area contributed by atoms with Gasteiger partial charge in [-0.15, -0.1) is 0 Å². The van der Waals surface area contributed by atoms with Crippen molar-refractivity contribution in [1.29, 1.82) is 0 Å². The summed E-state index contributed by atoms with van der Waals surface area (Å²) in [6.07, 6.45) is 4.84. The molecule has 2 aromatic rings. The Morgan fingerprint density at radius 1 is 1.35 bits per heavy atom. The Bertz CT molecular complexity index is 551. The van der Waals surface area contributed by atoms with E-state index in [-0.39, 0.29) is 0 Å². The second-order valence-corrected chi connectivity index (χ2v) is 4.51. The molecule has 0 spiro atoms. The van der Waals surface area contributed by atoms with E-state index in [2.05, 4.69) is 15.3 Å². The smallest absolute Gasteiger partial charge is 0.223 e. The van der Waals surface area contributed by atoms with E-state index in [4.69, 9.17) is 21.1 Å². The van der Waals surface area contributed by atoms with E-state index < -0.39 is 0 Å². The SMILES string of the molecule is COCCNCc1cccnc1Oc1cncc(Cl)c1. The minimum Gasteiger partial charge on any atom is -0.437 e. The molecule has 2 heterocycles. The summed E-state index contributed by atoms with van der Waals surface area (Å²) in [5.74, 6) is 1.11. The first-order valence-electron chi connectivity index (χ1n) is 6.21. The van der Waals surface area contributed by atoms with Gasteiger partial charge in [-0.1, -0.05) is 17.7 Å². The van der Waals surface area contributed by atoms with Crippen LogP contribution in [0.25, 0.3) is 0 Å². The van der Waals surface area contributed by atoms with E-state index in [1.807, 2.05) is 12.1 Å². The molecule has 0 unspecified atom stereocenters. The number of hydrogen-bond donors (Lipinski definition) is 1. The third-order valence-corrected chi connectivity index (χ3v) is 2.75. The van der Waals surface area contributed by atoms with Crippen molar-refractivity contribution in [2.24, 2.45) is 0 Å². The molecule has 0 radical (unpaired) electrons. The topological polar surface area (TPSA) is 56.3 Å². The molecule has 0 amide bonds. The van der Waals surface area contributed by atoms with Crippen molar-refractivity contribution < 1.29 is 9.47 Å². The van der Waals surface area contributed by atoms with Gasteiger partial charge in [0, 0.05) is 44.2 Å². The van der Waals surface area contributed by atoms with Crippen molar-refractivity contribution in [2.75, 3.05) is 20.3 Å². The Kier molecular flexibility index (Phi) is 5.73. The van der Waals surface area contributed by atoms with Crippen LogP contribution in [0.2, 0.25) is 5.02 Å². The van der Waals surface area contributed by atoms with Gasteiger partial charge in [0.1, 0.15) is 5.75 Å². The Labute approximate surface area is 122 Å². The molecule has 20 heavy (non-hydrogen) atoms. The highest BCUT2D eigenvalue weighted by Crippen LogP contribution is 2.24. The number of methoxy groups -OCH3 is 1. The number of halogens is 1. The van der Waals surface area contributed by atoms with Gasteiger partial charge in [0.05, 0.1) is 17.8 Å². The molecule has 0 aromatic carbocycles. The van der Waals surface area contributed by atoms with Gasteiger partial charge in [0.15, 0.2) is 0 Å². The van der Waals surface area contributed by atoms with Crippen LogP contribution >= 0.6 is 11.6 Å². The third kappa shape index (κ3) is 4.45. The van der Waals surface area contributed by atoms with Crippen LogP contribution in [-0.2, 0) is 11.3 Å². The summed E-state index contributed by atoms with van der Waals surface area (Å²) in [5, 5.41) is 3.78. The molecule has 0 atom stereocenters. The van der Waals surface area contributed by atoms with Gasteiger partial charge in [0.25, 0.3) is 0 Å². The fourth-order valence-electron chi connectivity index (χ4n) is 1.61. The molecule has 0 bridgehead atoms. The molecule has 0 aliphatic heterocycles. The van der Waals surface area contributed by atoms with Crippen LogP contribution in [-0.4, -0.2) is 30.2 Å². The number of aromatic nitrogens is 2. The van der Waals surface area contributed by atoms with E-state index >= 15 is 0 Å². The minimum absolute atomic E-state index is 0.526. The van der Waals surface area contributed by atoms with Crippen molar-refractivity contribution in [1.82, 2.24) is 15.3 Å². The fraction of sp³-hybridized carbons (Fsp3) is 0.286. The predicted octanol–water partition coefficient (Wildman–Crippen LogP) is 2.66. The summed E-state index contributed by atoms with van der Waals surface area (Å²) in [6, 6.07) is 5.53. The zero-order valence-electron chi connectivity index (χ0n) is 11.2. The predicted molar refractivity (Wildman–Crippen MR) is 77.1 cm³/mol. The average molecular weight is 294 g/mol. The zero-order chi connectivity index (χ0) is 14.2. The van der Waals surface area contributed by atoms with Gasteiger partial charge in [-0.05, 0) is 6.07 Å². The third-order valence-electron chi connectivity index (χ3n) is 2.54. The van der Waals surface area contributed by atoms with Gasteiger partial charge in [-0.2, -0.15) is 0 Å². The largest absolute Gasteiger partial charge is 0.437 e. The number of nitrogens with zero attached hydrogens (tertiary/aromatic N) is 2. The summed E-state index contributed by atoms with van der Waals surface area (Å²) in [7, 11) is 1.67. The molecule has 1 N–H and O–H groups in total. The summed E-state index contributed by atoms with van der Waals surface area (Å²) in [6.45, 7) is 2.08. The maximum absolute atomic E-state index is 5.88. The van der Waals surface area contributed by atoms with Crippen LogP contribution in [0.1, 0.15) is 5.56 Å². The van der Waals surface area contributed by atoms with Crippen LogP contribution in [0.4, 0.5) is 0 Å². The minimum atomic E-state index is 0.526. The standard InChI is InChI=1S/C14H16ClN3O2/c1-19-6-5-16-8-11-3-2-4-18-14(11)20-13-7-12(15)9-17-10-13/h2-4,7,9-10,16H,5-6,8H2,1H3. The molecule has 0 saturated heterocycles. The first kappa shape index (κ1) is 14.7. The molecular formula is C14H16ClN3O2. The maximum Gasteiger partial charge on any atom is 0.223 e. The lowest BCUT2D eigenvalue weighted by atomic mass is 10.2. The summed E-state index contributed by atoms with van der Waals surface area (Å²) >= 11 is 5.88. The molecule has 2 rings (SSSR count). The number of pyridine rings is 2. The van der Waals surface area contributed by atoms with E-state index in [0.29, 0.717) is 29.8 Å². The van der Waals surface area contributed by atoms with Crippen molar-refractivity contribution in [3.8, 4) is 11.6 Å². The molecule has 0 aliphatic carbocycles. The highest BCUT2D eigenvalue weighted by molar-refractivity contribution is 6.30. The van der Waals surface area contributed by atoms with E-state index in [1.54, 1.807) is 31.8 Å². The number of rotatable bonds is 7. The maximum atomic E-state index is 5.88. The molecule has 0 aliphatic rings. The molecule has 2 aromatic heterocycles. The highest BCUT2D eigenvalue weighted by Gasteiger charge is 2.06. The van der Waals surface area contributed by atoms with Crippen molar-refractivity contribution in [3.05, 3.63) is 47.4 Å². The summed E-state index contributed by atoms with van der Waals surface area (Å²) in [5.41, 5.74) is 0.962. The quantitative estimate of drug-likeness (QED) is 0.795. The zero-order valence-corrected chi connectivity index (χ0v) is 11.9. The van der Waals surface area contributed by atoms with E-state index in [9.17, 15) is 0 Å². The Balaban J connectivity index is 2.03. The van der Waals surface area contributed by atoms with Crippen LogP contribution in [0, 0.1) is 0 Å². The molecule has 106 valence electrons. The van der Waals surface area contributed by atoms with E-state index in [0.717, 1.165) is 12.1 Å². The Hall–Kier alpha value is -1.69. The molecule has 0 saturated carbocycles. The second kappa shape index (κ2) is 7.79. The van der Waals surface area contributed by atoms with Gasteiger partial charge in [-0.25, -0.2) is 4.98 Å². The van der Waals surface area contributed by atoms with Crippen molar-refractivity contribution >= 4 is 11.6 Å². The number of hydrogen-bond acceptors (Lipinski definition) is 5. The monoisotopic (exact) mass is 293 g/mol. The van der Waals surface area contributed by atoms with E-state index in [1.165, 1.54) is 0 Å². The van der Waals surface area contributed by atoms with Gasteiger partial charge < -0.3 is 14.8 Å². The first-order chi connectivity index (χ1) is 9.79. The van der Waals surface area contributed by atoms with Gasteiger partial charge in [0.2, 0.25) is 5.88 Å². The van der Waals surface area contributed by atoms with Crippen molar-refractivity contribution in [2.45, 2.75) is 6.54 Å². The lowest BCUT2D eigenvalue weighted by molar-refractivity contribution is 0.199. The Morgan fingerprint density at radius 2 is 2.25 bits per heavy atom. The van der Waals surface area contributed by atoms with Crippen LogP contribution < -0.4 is 10.1 Å². The molecular weight excluding hydrogens is 278 g/mol. The van der Waals surface area contributed by atoms with Crippen LogP contribution in [0.3, 0.4) is 0 Å². The van der Waals surface area contributed by atoms with Crippen LogP contribution in [0.15, 0.2) is 36.8 Å². The number of nitrogens with one attached hydrogen (secondary N) is 1. The molecule has 6 heteroatoms. The molecule has 0 fully saturated rings. The second-order valence-electron chi connectivity index (χ2n) is 4.08. The summed E-state index contributed by atoms with van der Waals surface area (Å²) in [4.78, 5) is 8.22. The lowest BCUT2D eigenvalue weighted by Gasteiger charge is -2.10. The molecule has 5 nitrogen and oxygen atoms in total. The van der Waals surface area contributed by atoms with Crippen molar-refractivity contribution in [3.63, 3.8) is 0 Å². The highest BCUT2D eigenvalue weighted by atomic mass is 35.5. The summed E-state index contributed by atoms with van der Waals surface area (Å²) < 4.78 is 10.7. The van der Waals surface area contributed by atoms with Gasteiger partial charge in [-0.3, -0.25) is 4.98 Å². The number of ether oxygens (including phenoxy) is 2. The Morgan fingerprint density at radius 3 is 3.05 bits per heavy atom. The van der Waals surface area contributed by atoms with Crippen LogP contribution in [0.5, 0.6) is 11.6 Å². The average Bonchev–Trinajstić information content (AvgIpc) is 2.45. The lowest BCUT2D eigenvalue weighted by Crippen LogP contribution is -2.19. The fourth-order valence-corrected chi connectivity index (χ4v) is 1.77. The normalized spacial score (nSPS) is 10.5. The van der Waals surface area contributed by atoms with Gasteiger partial charge >= 0.3 is 0 Å².